The molecule has 18 heteroatoms. The Balaban J connectivity index is 0.609. The van der Waals surface area contributed by atoms with Gasteiger partial charge in [0.25, 0.3) is 0 Å². The number of rotatable bonds is 15. The first-order valence-corrected chi connectivity index (χ1v) is 29.5. The first-order chi connectivity index (χ1) is 38.3. The molecule has 5 fully saturated rings. The number of β-amino-alcohol motifs (C(OH)–C–C–N with tert-alkyl or cyclic N) is 1. The van der Waals surface area contributed by atoms with Gasteiger partial charge in [0.1, 0.15) is 23.5 Å². The van der Waals surface area contributed by atoms with Gasteiger partial charge >= 0.3 is 6.01 Å². The number of phenolic OH excluding ortho intramolecular Hbond substituents is 1. The summed E-state index contributed by atoms with van der Waals surface area (Å²) in [6.07, 6.45) is 6.79. The van der Waals surface area contributed by atoms with Crippen LogP contribution < -0.4 is 25.2 Å². The maximum atomic E-state index is 14.4. The van der Waals surface area contributed by atoms with Crippen molar-refractivity contribution in [1.29, 1.82) is 0 Å². The van der Waals surface area contributed by atoms with E-state index in [0.717, 1.165) is 137 Å². The predicted molar refractivity (Wildman–Crippen MR) is 306 cm³/mol. The fraction of sp³-hybridized carbons (Fsp3) is 0.492. The summed E-state index contributed by atoms with van der Waals surface area (Å²) >= 11 is 1.60. The average Bonchev–Trinajstić information content (AvgIpc) is 4.33. The summed E-state index contributed by atoms with van der Waals surface area (Å²) in [6.45, 7) is 17.3. The second-order valence-electron chi connectivity index (χ2n) is 23.8. The summed E-state index contributed by atoms with van der Waals surface area (Å²) in [5, 5.41) is 36.1. The smallest absolute Gasteiger partial charge is 0.318 e. The molecule has 6 aliphatic rings. The summed E-state index contributed by atoms with van der Waals surface area (Å²) < 4.78 is 12.5. The third-order valence-electron chi connectivity index (χ3n) is 18.1. The zero-order chi connectivity index (χ0) is 54.2. The van der Waals surface area contributed by atoms with E-state index in [9.17, 15) is 19.8 Å². The number of hydrogen-bond donors (Lipinski definition) is 4. The number of hydrogen-bond acceptors (Lipinski definition) is 16. The lowest BCUT2D eigenvalue weighted by atomic mass is 9.79. The number of ether oxygens (including phenoxy) is 1. The van der Waals surface area contributed by atoms with Gasteiger partial charge < -0.3 is 49.7 Å². The third kappa shape index (κ3) is 9.86. The number of amides is 2. The maximum Gasteiger partial charge on any atom is 0.318 e. The fourth-order valence-corrected chi connectivity index (χ4v) is 14.6. The first kappa shape index (κ1) is 51.7. The molecule has 1 aliphatic carbocycles. The zero-order valence-electron chi connectivity index (χ0n) is 45.8. The van der Waals surface area contributed by atoms with Crippen molar-refractivity contribution >= 4 is 56.5 Å². The zero-order valence-corrected chi connectivity index (χ0v) is 46.6. The van der Waals surface area contributed by atoms with Gasteiger partial charge in [-0.1, -0.05) is 68.4 Å². The van der Waals surface area contributed by atoms with Crippen molar-refractivity contribution in [3.63, 3.8) is 0 Å². The van der Waals surface area contributed by atoms with Crippen LogP contribution in [0, 0.1) is 24.7 Å². The molecule has 0 radical (unpaired) electrons. The number of aryl methyl sites for hydroxylation is 1. The number of pyridine rings is 1. The minimum atomic E-state index is -0.806. The number of phenols is 1. The number of nitrogens with zero attached hydrogens (tertiary/aromatic N) is 9. The molecule has 0 saturated carbocycles. The Labute approximate surface area is 464 Å². The number of aromatic hydroxyl groups is 1. The molecule has 9 heterocycles. The number of nitrogens with one attached hydrogen (secondary N) is 2. The summed E-state index contributed by atoms with van der Waals surface area (Å²) in [5.41, 5.74) is 9.78. The minimum absolute atomic E-state index is 0.0320. The van der Waals surface area contributed by atoms with E-state index in [0.29, 0.717) is 42.3 Å². The van der Waals surface area contributed by atoms with Crippen molar-refractivity contribution in [2.75, 3.05) is 68.8 Å². The van der Waals surface area contributed by atoms with Crippen LogP contribution in [0.1, 0.15) is 112 Å². The second kappa shape index (κ2) is 21.1. The quantitative estimate of drug-likeness (QED) is 0.0761. The highest BCUT2D eigenvalue weighted by molar-refractivity contribution is 7.13. The average molecular weight is 1090 g/mol. The lowest BCUT2D eigenvalue weighted by Gasteiger charge is -2.43. The Morgan fingerprint density at radius 3 is 2.46 bits per heavy atom. The SMILES string of the molecule is Cc1ncsc1-c1ccc([C@H](C)NC(=O)[C@@H]2C[C@@H](O)CN2C(=O)[C@H](c2cc(N3CC(CN4CCC(CCOc5nc(N6CC7CCC(C6)N7)c6cnc7c(c6n5)C(C)c5cccc6cc(O)cc-7c56)CC4)C3)no2)C(C)C)cc1. The molecule has 2 bridgehead atoms. The molecule has 7 aromatic rings. The Morgan fingerprint density at radius 1 is 0.924 bits per heavy atom. The van der Waals surface area contributed by atoms with Gasteiger partial charge in [-0.25, -0.2) is 4.98 Å². The van der Waals surface area contributed by atoms with E-state index in [4.69, 9.17) is 24.2 Å². The van der Waals surface area contributed by atoms with Crippen LogP contribution in [0.2, 0.25) is 0 Å². The van der Waals surface area contributed by atoms with E-state index >= 15 is 0 Å². The summed E-state index contributed by atoms with van der Waals surface area (Å²) in [4.78, 5) is 58.0. The molecule has 0 spiro atoms. The van der Waals surface area contributed by atoms with Crippen LogP contribution in [0.4, 0.5) is 11.6 Å². The van der Waals surface area contributed by atoms with Crippen LogP contribution in [-0.4, -0.2) is 140 Å². The van der Waals surface area contributed by atoms with E-state index in [2.05, 4.69) is 60.6 Å². The number of aliphatic hydroxyl groups excluding tert-OH is 1. The number of piperidine rings is 1. The standard InChI is InChI=1S/C61H71N11O6S/c1-33(2)52(60(76)72-31-45(74)23-49(72)59(75)64-35(4)39-9-11-40(12-10-39)57-36(5)63-32-79-57)50-24-51(68-78-50)70-27-38(28-70)26-69-18-15-37(16-19-69)17-20-77-61-66-56-48(58(67-61)71-29-42-13-14-43(30-71)65-42)25-62-55-47-22-44(73)21-41-7-6-8-46(54(41)47)34(3)53(55)56/h6-12,21-22,24-25,32-35,37-38,42-43,45,49,52,65,73-74H,13-20,23,26-31H2,1-5H3,(H,64,75)/t34?,35-,42?,43?,45+,49-,52-/m0/s1. The number of anilines is 2. The normalized spacial score (nSPS) is 23.1. The van der Waals surface area contributed by atoms with E-state index in [1.807, 2.05) is 81.9 Å². The van der Waals surface area contributed by atoms with Crippen LogP contribution in [0.5, 0.6) is 11.8 Å². The largest absolute Gasteiger partial charge is 0.508 e. The minimum Gasteiger partial charge on any atom is -0.508 e. The van der Waals surface area contributed by atoms with Gasteiger partial charge in [0, 0.05) is 93.0 Å². The Hall–Kier alpha value is -6.73. The number of aromatic nitrogens is 5. The van der Waals surface area contributed by atoms with Crippen molar-refractivity contribution in [3.05, 3.63) is 101 Å². The Kier molecular flexibility index (Phi) is 13.8. The highest BCUT2D eigenvalue weighted by atomic mass is 32.1. The monoisotopic (exact) mass is 1090 g/mol. The number of carbonyl (C=O) groups is 2. The third-order valence-corrected chi connectivity index (χ3v) is 19.0. The number of benzene rings is 3. The molecule has 17 nitrogen and oxygen atoms in total. The van der Waals surface area contributed by atoms with Crippen molar-refractivity contribution < 1.29 is 29.1 Å². The first-order valence-electron chi connectivity index (χ1n) is 28.6. The van der Waals surface area contributed by atoms with Crippen molar-refractivity contribution in [3.8, 4) is 33.5 Å². The Bertz CT molecular complexity index is 3410. The number of carbonyl (C=O) groups excluding carboxylic acids is 2. The van der Waals surface area contributed by atoms with Gasteiger partial charge in [-0.2, -0.15) is 9.97 Å². The van der Waals surface area contributed by atoms with E-state index in [1.165, 1.54) is 23.3 Å². The van der Waals surface area contributed by atoms with Gasteiger partial charge in [-0.3, -0.25) is 14.6 Å². The van der Waals surface area contributed by atoms with Crippen LogP contribution in [-0.2, 0) is 9.59 Å². The molecule has 4 aromatic heterocycles. The molecule has 79 heavy (non-hydrogen) atoms. The second-order valence-corrected chi connectivity index (χ2v) is 24.6. The molecular formula is C61H71N11O6S. The number of piperazine rings is 1. The predicted octanol–water partition coefficient (Wildman–Crippen LogP) is 8.57. The Morgan fingerprint density at radius 2 is 1.71 bits per heavy atom. The van der Waals surface area contributed by atoms with Gasteiger partial charge in [0.2, 0.25) is 11.8 Å². The fourth-order valence-electron chi connectivity index (χ4n) is 13.8. The van der Waals surface area contributed by atoms with Crippen LogP contribution in [0.3, 0.4) is 0 Å². The topological polar surface area (TPSA) is 198 Å². The van der Waals surface area contributed by atoms with Crippen molar-refractivity contribution in [2.45, 2.75) is 115 Å². The molecule has 412 valence electrons. The molecule has 5 aliphatic heterocycles. The number of fused-ring (bicyclic) bond motifs is 6. The highest BCUT2D eigenvalue weighted by Gasteiger charge is 2.44. The van der Waals surface area contributed by atoms with Gasteiger partial charge in [0.05, 0.1) is 51.4 Å². The van der Waals surface area contributed by atoms with E-state index in [1.54, 1.807) is 11.3 Å². The molecule has 7 atom stereocenters. The molecule has 3 unspecified atom stereocenters. The van der Waals surface area contributed by atoms with Crippen molar-refractivity contribution in [2.24, 2.45) is 17.8 Å². The number of thiazole rings is 1. The van der Waals surface area contributed by atoms with Crippen molar-refractivity contribution in [1.82, 2.24) is 45.5 Å². The summed E-state index contributed by atoms with van der Waals surface area (Å²) in [6, 6.07) is 20.2. The summed E-state index contributed by atoms with van der Waals surface area (Å²) in [7, 11) is 0. The highest BCUT2D eigenvalue weighted by Crippen LogP contribution is 2.49. The molecular weight excluding hydrogens is 1010 g/mol. The van der Waals surface area contributed by atoms with E-state index in [-0.39, 0.29) is 48.4 Å². The van der Waals surface area contributed by atoms with Gasteiger partial charge in [-0.15, -0.1) is 11.3 Å². The van der Waals surface area contributed by atoms with Crippen LogP contribution >= 0.6 is 11.3 Å². The maximum absolute atomic E-state index is 14.4. The molecule has 13 rings (SSSR count). The summed E-state index contributed by atoms with van der Waals surface area (Å²) in [5.74, 6) is 2.08. The molecule has 5 saturated heterocycles. The molecule has 4 N–H and O–H groups in total. The van der Waals surface area contributed by atoms with E-state index < -0.39 is 18.1 Å². The molecule has 2 amide bonds. The molecule has 3 aromatic carbocycles. The van der Waals surface area contributed by atoms with Gasteiger partial charge in [0.15, 0.2) is 11.6 Å². The lowest BCUT2D eigenvalue weighted by Crippen LogP contribution is -2.52. The number of aliphatic hydroxyl groups is 1. The van der Waals surface area contributed by atoms with Crippen LogP contribution in [0.25, 0.3) is 43.4 Å². The number of likely N-dealkylation sites (tertiary alicyclic amines) is 2. The van der Waals surface area contributed by atoms with Gasteiger partial charge in [-0.05, 0) is 110 Å². The lowest BCUT2D eigenvalue weighted by molar-refractivity contribution is -0.141. The van der Waals surface area contributed by atoms with Crippen LogP contribution in [0.15, 0.2) is 76.9 Å².